The average molecular weight is 393 g/mol. The fraction of sp³-hybridized carbons (Fsp3) is 0.304. The highest BCUT2D eigenvalue weighted by Crippen LogP contribution is 2.25. The van der Waals surface area contributed by atoms with Crippen LogP contribution in [-0.4, -0.2) is 43.1 Å². The normalized spacial score (nSPS) is 15.3. The Kier molecular flexibility index (Phi) is 5.62. The Morgan fingerprint density at radius 2 is 1.86 bits per heavy atom. The first kappa shape index (κ1) is 19.2. The summed E-state index contributed by atoms with van der Waals surface area (Å²) in [6, 6.07) is 15.0. The molecule has 2 aromatic carbocycles. The van der Waals surface area contributed by atoms with Gasteiger partial charge in [-0.1, -0.05) is 42.5 Å². The highest BCUT2D eigenvalue weighted by molar-refractivity contribution is 5.88. The summed E-state index contributed by atoms with van der Waals surface area (Å²) in [4.78, 5) is 27.5. The van der Waals surface area contributed by atoms with Crippen LogP contribution in [0.4, 0.5) is 0 Å². The number of fused-ring (bicyclic) bond motifs is 1. The number of carbonyl (C=O) groups is 2. The minimum absolute atomic E-state index is 0.0375. The molecule has 3 aromatic rings. The van der Waals surface area contributed by atoms with Gasteiger partial charge in [0.25, 0.3) is 5.91 Å². The molecule has 150 valence electrons. The van der Waals surface area contributed by atoms with Crippen LogP contribution in [0.5, 0.6) is 0 Å². The second-order valence-corrected chi connectivity index (χ2v) is 7.16. The molecular formula is C23H23NO5. The van der Waals surface area contributed by atoms with Crippen LogP contribution in [0.2, 0.25) is 0 Å². The third-order valence-corrected chi connectivity index (χ3v) is 5.04. The van der Waals surface area contributed by atoms with Crippen molar-refractivity contribution < 1.29 is 23.5 Å². The molecule has 2 heterocycles. The molecular weight excluding hydrogens is 370 g/mol. The monoisotopic (exact) mass is 393 g/mol. The lowest BCUT2D eigenvalue weighted by Crippen LogP contribution is -2.44. The lowest BCUT2D eigenvalue weighted by atomic mass is 10.1. The maximum absolute atomic E-state index is 13.1. The quantitative estimate of drug-likeness (QED) is 0.621. The number of ether oxygens (including phenoxy) is 2. The summed E-state index contributed by atoms with van der Waals surface area (Å²) in [7, 11) is 0. The number of rotatable bonds is 5. The van der Waals surface area contributed by atoms with E-state index < -0.39 is 12.1 Å². The Balaban J connectivity index is 1.53. The fourth-order valence-electron chi connectivity index (χ4n) is 3.49. The molecule has 0 unspecified atom stereocenters. The van der Waals surface area contributed by atoms with Gasteiger partial charge in [-0.15, -0.1) is 0 Å². The Morgan fingerprint density at radius 3 is 2.62 bits per heavy atom. The maximum atomic E-state index is 13.1. The number of nitrogens with zero attached hydrogens (tertiary/aromatic N) is 1. The number of furan rings is 1. The molecule has 0 N–H and O–H groups in total. The number of hydrogen-bond acceptors (Lipinski definition) is 5. The molecule has 1 amide bonds. The Hall–Kier alpha value is -3.12. The summed E-state index contributed by atoms with van der Waals surface area (Å²) in [5.41, 5.74) is 3.22. The first-order chi connectivity index (χ1) is 14.1. The smallest absolute Gasteiger partial charge is 0.311 e. The predicted molar refractivity (Wildman–Crippen MR) is 107 cm³/mol. The second-order valence-electron chi connectivity index (χ2n) is 7.16. The van der Waals surface area contributed by atoms with Gasteiger partial charge in [0.15, 0.2) is 0 Å². The van der Waals surface area contributed by atoms with Crippen LogP contribution in [0.25, 0.3) is 11.0 Å². The Labute approximate surface area is 169 Å². The van der Waals surface area contributed by atoms with E-state index in [2.05, 4.69) is 0 Å². The summed E-state index contributed by atoms with van der Waals surface area (Å²) < 4.78 is 16.6. The number of aryl methyl sites for hydroxylation is 1. The van der Waals surface area contributed by atoms with Crippen molar-refractivity contribution in [2.24, 2.45) is 0 Å². The summed E-state index contributed by atoms with van der Waals surface area (Å²) in [6.45, 7) is 3.94. The zero-order chi connectivity index (χ0) is 20.2. The number of esters is 1. The third-order valence-electron chi connectivity index (χ3n) is 5.04. The first-order valence-corrected chi connectivity index (χ1v) is 9.69. The highest BCUT2D eigenvalue weighted by Gasteiger charge is 2.30. The van der Waals surface area contributed by atoms with Gasteiger partial charge in [-0.3, -0.25) is 9.59 Å². The molecule has 1 aromatic heterocycles. The van der Waals surface area contributed by atoms with E-state index >= 15 is 0 Å². The minimum atomic E-state index is -0.970. The molecule has 4 rings (SSSR count). The van der Waals surface area contributed by atoms with Gasteiger partial charge >= 0.3 is 5.97 Å². The second kappa shape index (κ2) is 8.49. The van der Waals surface area contributed by atoms with Gasteiger partial charge in [-0.2, -0.15) is 0 Å². The van der Waals surface area contributed by atoms with Gasteiger partial charge in [0.05, 0.1) is 25.9 Å². The van der Waals surface area contributed by atoms with Crippen molar-refractivity contribution in [2.45, 2.75) is 19.4 Å². The number of carbonyl (C=O) groups excluding carboxylic acids is 2. The molecule has 0 bridgehead atoms. The van der Waals surface area contributed by atoms with Gasteiger partial charge in [0, 0.05) is 29.6 Å². The van der Waals surface area contributed by atoms with Crippen molar-refractivity contribution in [3.05, 3.63) is 71.5 Å². The molecule has 0 spiro atoms. The van der Waals surface area contributed by atoms with Crippen LogP contribution in [-0.2, 0) is 25.5 Å². The minimum Gasteiger partial charge on any atom is -0.464 e. The maximum Gasteiger partial charge on any atom is 0.311 e. The van der Waals surface area contributed by atoms with E-state index in [-0.39, 0.29) is 12.3 Å². The molecule has 6 nitrogen and oxygen atoms in total. The topological polar surface area (TPSA) is 69.0 Å². The molecule has 1 fully saturated rings. The molecule has 6 heteroatoms. The summed E-state index contributed by atoms with van der Waals surface area (Å²) in [5, 5.41) is 0.878. The SMILES string of the molecule is Cc1ccc2c(CC(=O)O[C@@H](C(=O)N3CCOCC3)c3ccccc3)coc2c1. The molecule has 1 saturated heterocycles. The van der Waals surface area contributed by atoms with Crippen LogP contribution in [0.3, 0.4) is 0 Å². The number of hydrogen-bond donors (Lipinski definition) is 0. The van der Waals surface area contributed by atoms with Crippen molar-refractivity contribution in [2.75, 3.05) is 26.3 Å². The van der Waals surface area contributed by atoms with Crippen molar-refractivity contribution in [3.8, 4) is 0 Å². The van der Waals surface area contributed by atoms with Crippen molar-refractivity contribution in [1.82, 2.24) is 4.90 Å². The van der Waals surface area contributed by atoms with Gasteiger partial charge in [0.1, 0.15) is 5.58 Å². The van der Waals surface area contributed by atoms with E-state index in [1.165, 1.54) is 0 Å². The van der Waals surface area contributed by atoms with Gasteiger partial charge in [-0.25, -0.2) is 0 Å². The van der Waals surface area contributed by atoms with E-state index in [0.29, 0.717) is 31.9 Å². The lowest BCUT2D eigenvalue weighted by molar-refractivity contribution is -0.162. The summed E-state index contributed by atoms with van der Waals surface area (Å²) in [5.74, 6) is -0.690. The van der Waals surface area contributed by atoms with Crippen LogP contribution in [0.15, 0.2) is 59.2 Å². The van der Waals surface area contributed by atoms with E-state index in [4.69, 9.17) is 13.9 Å². The molecule has 0 aliphatic carbocycles. The Bertz CT molecular complexity index is 1000. The standard InChI is InChI=1S/C23H23NO5/c1-16-7-8-19-18(15-28-20(19)13-16)14-21(25)29-22(17-5-3-2-4-6-17)23(26)24-9-11-27-12-10-24/h2-8,13,15,22H,9-12,14H2,1H3/t22-/m1/s1. The molecule has 0 saturated carbocycles. The van der Waals surface area contributed by atoms with E-state index in [0.717, 1.165) is 22.1 Å². The molecule has 1 aliphatic rings. The van der Waals surface area contributed by atoms with Crippen LogP contribution in [0.1, 0.15) is 22.8 Å². The van der Waals surface area contributed by atoms with E-state index in [9.17, 15) is 9.59 Å². The van der Waals surface area contributed by atoms with Gasteiger partial charge in [0.2, 0.25) is 6.10 Å². The molecule has 1 atom stereocenters. The summed E-state index contributed by atoms with van der Waals surface area (Å²) >= 11 is 0. The number of benzene rings is 2. The molecule has 29 heavy (non-hydrogen) atoms. The largest absolute Gasteiger partial charge is 0.464 e. The van der Waals surface area contributed by atoms with Crippen LogP contribution < -0.4 is 0 Å². The predicted octanol–water partition coefficient (Wildman–Crippen LogP) is 3.43. The van der Waals surface area contributed by atoms with Crippen LogP contribution in [0, 0.1) is 6.92 Å². The Morgan fingerprint density at radius 1 is 1.10 bits per heavy atom. The molecule has 0 radical (unpaired) electrons. The van der Waals surface area contributed by atoms with Crippen molar-refractivity contribution >= 4 is 22.8 Å². The van der Waals surface area contributed by atoms with Gasteiger partial charge in [-0.05, 0) is 18.6 Å². The fourth-order valence-corrected chi connectivity index (χ4v) is 3.49. The highest BCUT2D eigenvalue weighted by atomic mass is 16.5. The lowest BCUT2D eigenvalue weighted by Gasteiger charge is -2.30. The van der Waals surface area contributed by atoms with Crippen molar-refractivity contribution in [1.29, 1.82) is 0 Å². The van der Waals surface area contributed by atoms with E-state index in [1.54, 1.807) is 23.3 Å². The first-order valence-electron chi connectivity index (χ1n) is 9.69. The summed E-state index contributed by atoms with van der Waals surface area (Å²) in [6.07, 6.45) is 0.643. The number of amides is 1. The molecule has 1 aliphatic heterocycles. The third kappa shape index (κ3) is 4.32. The van der Waals surface area contributed by atoms with Crippen LogP contribution >= 0.6 is 0 Å². The zero-order valence-electron chi connectivity index (χ0n) is 16.3. The van der Waals surface area contributed by atoms with E-state index in [1.807, 2.05) is 43.3 Å². The zero-order valence-corrected chi connectivity index (χ0v) is 16.3. The average Bonchev–Trinajstić information content (AvgIpc) is 3.14. The van der Waals surface area contributed by atoms with Gasteiger partial charge < -0.3 is 18.8 Å². The number of morpholine rings is 1. The van der Waals surface area contributed by atoms with Crippen molar-refractivity contribution in [3.63, 3.8) is 0 Å².